The van der Waals surface area contributed by atoms with Gasteiger partial charge in [-0.15, -0.1) is 0 Å². The number of hydrogen-bond donors (Lipinski definition) is 1. The highest BCUT2D eigenvalue weighted by atomic mass is 79.9. The van der Waals surface area contributed by atoms with Crippen LogP contribution >= 0.6 is 15.9 Å². The minimum atomic E-state index is -1.32. The van der Waals surface area contributed by atoms with Crippen LogP contribution in [0.5, 0.6) is 5.75 Å². The van der Waals surface area contributed by atoms with Crippen molar-refractivity contribution in [3.05, 3.63) is 40.6 Å². The van der Waals surface area contributed by atoms with E-state index < -0.39 is 10.8 Å². The number of hydrogen-bond acceptors (Lipinski definition) is 5. The molecule has 1 aromatic carbocycles. The number of aromatic nitrogens is 3. The molecule has 0 aliphatic carbocycles. The number of ether oxygens (including phenoxy) is 1. The first-order valence-electron chi connectivity index (χ1n) is 8.96. The highest BCUT2D eigenvalue weighted by Gasteiger charge is 2.19. The molecule has 0 saturated carbocycles. The van der Waals surface area contributed by atoms with Gasteiger partial charge in [0.15, 0.2) is 5.16 Å². The Morgan fingerprint density at radius 3 is 2.85 bits per heavy atom. The Bertz CT molecular complexity index is 985. The fraction of sp³-hybridized carbons (Fsp3) is 0.368. The van der Waals surface area contributed by atoms with Crippen molar-refractivity contribution < 1.29 is 8.95 Å². The van der Waals surface area contributed by atoms with Gasteiger partial charge >= 0.3 is 0 Å². The number of methoxy groups -OCH3 is 1. The first-order valence-corrected chi connectivity index (χ1v) is 11.1. The van der Waals surface area contributed by atoms with E-state index in [4.69, 9.17) is 4.74 Å². The van der Waals surface area contributed by atoms with Crippen molar-refractivity contribution >= 4 is 43.5 Å². The Hall–Kier alpha value is -1.93. The minimum Gasteiger partial charge on any atom is -0.497 e. The molecule has 1 fully saturated rings. The first kappa shape index (κ1) is 18.4. The molecule has 27 heavy (non-hydrogen) atoms. The number of piperidine rings is 1. The Balaban J connectivity index is 1.57. The monoisotopic (exact) mass is 448 g/mol. The van der Waals surface area contributed by atoms with Crippen molar-refractivity contribution in [2.24, 2.45) is 0 Å². The first-order chi connectivity index (χ1) is 13.2. The van der Waals surface area contributed by atoms with Gasteiger partial charge in [0.25, 0.3) is 0 Å². The summed E-state index contributed by atoms with van der Waals surface area (Å²) in [6.45, 7) is 2.10. The summed E-state index contributed by atoms with van der Waals surface area (Å²) in [4.78, 5) is 14.4. The number of benzene rings is 1. The molecule has 3 heterocycles. The SMILES string of the molecule is COc1ccc2nc(S(=O)Cc3nccc(N4CCCCC4)c3Br)[nH]c2c1. The van der Waals surface area contributed by atoms with E-state index in [0.29, 0.717) is 10.9 Å². The van der Waals surface area contributed by atoms with Gasteiger partial charge in [-0.05, 0) is 53.4 Å². The van der Waals surface area contributed by atoms with Crippen LogP contribution in [0.4, 0.5) is 5.69 Å². The average molecular weight is 449 g/mol. The molecule has 8 heteroatoms. The van der Waals surface area contributed by atoms with E-state index in [1.54, 1.807) is 13.3 Å². The van der Waals surface area contributed by atoms with E-state index in [-0.39, 0.29) is 0 Å². The molecular formula is C19H21BrN4O2S. The largest absolute Gasteiger partial charge is 0.497 e. The lowest BCUT2D eigenvalue weighted by molar-refractivity contribution is 0.415. The predicted octanol–water partition coefficient (Wildman–Crippen LogP) is 4.03. The van der Waals surface area contributed by atoms with Gasteiger partial charge in [-0.3, -0.25) is 9.19 Å². The maximum Gasteiger partial charge on any atom is 0.197 e. The standard InChI is InChI=1S/C19H21BrN4O2S/c1-26-13-5-6-14-15(11-13)23-19(22-14)27(25)12-16-18(20)17(7-8-21-16)24-9-3-2-4-10-24/h5-8,11H,2-4,9-10,12H2,1H3,(H,22,23). The zero-order chi connectivity index (χ0) is 18.8. The smallest absolute Gasteiger partial charge is 0.197 e. The van der Waals surface area contributed by atoms with E-state index >= 15 is 0 Å². The molecule has 1 saturated heterocycles. The Labute approximate surface area is 168 Å². The van der Waals surface area contributed by atoms with Crippen LogP contribution < -0.4 is 9.64 Å². The van der Waals surface area contributed by atoms with Crippen molar-refractivity contribution in [3.63, 3.8) is 0 Å². The summed E-state index contributed by atoms with van der Waals surface area (Å²) in [5, 5.41) is 0.454. The molecule has 2 aromatic heterocycles. The molecule has 142 valence electrons. The third-order valence-corrected chi connectivity index (χ3v) is 6.81. The fourth-order valence-electron chi connectivity index (χ4n) is 3.35. The Morgan fingerprint density at radius 1 is 1.26 bits per heavy atom. The molecule has 4 rings (SSSR count). The number of imidazole rings is 1. The lowest BCUT2D eigenvalue weighted by Crippen LogP contribution is -2.29. The van der Waals surface area contributed by atoms with Crippen LogP contribution in [-0.4, -0.2) is 39.4 Å². The number of aromatic amines is 1. The van der Waals surface area contributed by atoms with E-state index in [0.717, 1.165) is 45.7 Å². The molecule has 1 aliphatic rings. The predicted molar refractivity (Wildman–Crippen MR) is 111 cm³/mol. The van der Waals surface area contributed by atoms with E-state index in [9.17, 15) is 4.21 Å². The van der Waals surface area contributed by atoms with Crippen LogP contribution in [0, 0.1) is 0 Å². The molecule has 6 nitrogen and oxygen atoms in total. The number of nitrogens with one attached hydrogen (secondary N) is 1. The third kappa shape index (κ3) is 3.87. The summed E-state index contributed by atoms with van der Waals surface area (Å²) in [7, 11) is 0.303. The summed E-state index contributed by atoms with van der Waals surface area (Å²) in [6.07, 6.45) is 5.49. The van der Waals surface area contributed by atoms with E-state index in [1.807, 2.05) is 24.3 Å². The molecule has 0 spiro atoms. The number of pyridine rings is 1. The average Bonchev–Trinajstić information content (AvgIpc) is 3.13. The number of fused-ring (bicyclic) bond motifs is 1. The molecule has 1 atom stereocenters. The van der Waals surface area contributed by atoms with Gasteiger partial charge in [-0.1, -0.05) is 0 Å². The van der Waals surface area contributed by atoms with Crippen LogP contribution in [0.15, 0.2) is 40.1 Å². The van der Waals surface area contributed by atoms with Gasteiger partial charge in [0, 0.05) is 25.4 Å². The summed E-state index contributed by atoms with van der Waals surface area (Å²) in [5.41, 5.74) is 3.50. The second kappa shape index (κ2) is 7.98. The maximum atomic E-state index is 12.9. The van der Waals surface area contributed by atoms with Gasteiger partial charge in [-0.2, -0.15) is 0 Å². The Morgan fingerprint density at radius 2 is 2.07 bits per heavy atom. The van der Waals surface area contributed by atoms with Crippen LogP contribution in [0.1, 0.15) is 25.0 Å². The molecule has 1 N–H and O–H groups in total. The zero-order valence-corrected chi connectivity index (χ0v) is 17.5. The second-order valence-electron chi connectivity index (χ2n) is 6.55. The Kier molecular flexibility index (Phi) is 5.45. The van der Waals surface area contributed by atoms with E-state index in [2.05, 4.69) is 35.8 Å². The number of halogens is 1. The van der Waals surface area contributed by atoms with Crippen molar-refractivity contribution in [1.29, 1.82) is 0 Å². The number of anilines is 1. The van der Waals surface area contributed by atoms with Gasteiger partial charge < -0.3 is 14.6 Å². The maximum absolute atomic E-state index is 12.9. The lowest BCUT2D eigenvalue weighted by atomic mass is 10.1. The third-order valence-electron chi connectivity index (χ3n) is 4.79. The van der Waals surface area contributed by atoms with Crippen LogP contribution in [0.2, 0.25) is 0 Å². The van der Waals surface area contributed by atoms with E-state index in [1.165, 1.54) is 19.3 Å². The normalized spacial score (nSPS) is 15.9. The molecule has 0 radical (unpaired) electrons. The molecule has 0 bridgehead atoms. The summed E-state index contributed by atoms with van der Waals surface area (Å²) in [5.74, 6) is 1.04. The molecule has 0 amide bonds. The molecule has 1 unspecified atom stereocenters. The molecular weight excluding hydrogens is 428 g/mol. The summed E-state index contributed by atoms with van der Waals surface area (Å²) < 4.78 is 19.0. The summed E-state index contributed by atoms with van der Waals surface area (Å²) in [6, 6.07) is 7.58. The van der Waals surface area contributed by atoms with Crippen molar-refractivity contribution in [2.75, 3.05) is 25.1 Å². The van der Waals surface area contributed by atoms with Crippen molar-refractivity contribution in [3.8, 4) is 5.75 Å². The second-order valence-corrected chi connectivity index (χ2v) is 8.71. The van der Waals surface area contributed by atoms with Crippen molar-refractivity contribution in [2.45, 2.75) is 30.2 Å². The van der Waals surface area contributed by atoms with Gasteiger partial charge in [0.2, 0.25) is 0 Å². The minimum absolute atomic E-state index is 0.305. The highest BCUT2D eigenvalue weighted by molar-refractivity contribution is 9.10. The van der Waals surface area contributed by atoms with Crippen LogP contribution in [0.3, 0.4) is 0 Å². The van der Waals surface area contributed by atoms with Gasteiger partial charge in [0.05, 0.1) is 50.5 Å². The molecule has 3 aromatic rings. The zero-order valence-electron chi connectivity index (χ0n) is 15.1. The quantitative estimate of drug-likeness (QED) is 0.637. The highest BCUT2D eigenvalue weighted by Crippen LogP contribution is 2.31. The number of rotatable bonds is 5. The summed E-state index contributed by atoms with van der Waals surface area (Å²) >= 11 is 3.69. The van der Waals surface area contributed by atoms with Gasteiger partial charge in [0.1, 0.15) is 5.75 Å². The number of nitrogens with zero attached hydrogens (tertiary/aromatic N) is 3. The van der Waals surface area contributed by atoms with Crippen LogP contribution in [-0.2, 0) is 16.6 Å². The lowest BCUT2D eigenvalue weighted by Gasteiger charge is -2.30. The number of H-pyrrole nitrogens is 1. The topological polar surface area (TPSA) is 71.1 Å². The van der Waals surface area contributed by atoms with Crippen molar-refractivity contribution in [1.82, 2.24) is 15.0 Å². The molecule has 1 aliphatic heterocycles. The fourth-order valence-corrected chi connectivity index (χ4v) is 5.19. The van der Waals surface area contributed by atoms with Gasteiger partial charge in [-0.25, -0.2) is 4.98 Å². The van der Waals surface area contributed by atoms with Crippen LogP contribution in [0.25, 0.3) is 11.0 Å².